The molecule has 4 aromatic carbocycles. The molecule has 0 fully saturated rings. The highest BCUT2D eigenvalue weighted by atomic mass is 16.5. The zero-order chi connectivity index (χ0) is 28.6. The van der Waals surface area contributed by atoms with Gasteiger partial charge in [-0.25, -0.2) is 0 Å². The van der Waals surface area contributed by atoms with Crippen molar-refractivity contribution in [3.8, 4) is 23.0 Å². The van der Waals surface area contributed by atoms with Crippen LogP contribution in [0.15, 0.2) is 84.9 Å². The van der Waals surface area contributed by atoms with Gasteiger partial charge >= 0.3 is 0 Å². The van der Waals surface area contributed by atoms with Gasteiger partial charge in [0.15, 0.2) is 0 Å². The van der Waals surface area contributed by atoms with Crippen LogP contribution in [-0.4, -0.2) is 23.4 Å². The van der Waals surface area contributed by atoms with E-state index >= 15 is 0 Å². The number of phenols is 1. The van der Waals surface area contributed by atoms with Gasteiger partial charge in [0.05, 0.1) is 12.2 Å². The van der Waals surface area contributed by atoms with Crippen LogP contribution in [0.2, 0.25) is 0 Å². The summed E-state index contributed by atoms with van der Waals surface area (Å²) in [6.07, 6.45) is 1.66. The second kappa shape index (κ2) is 13.4. The first-order chi connectivity index (χ1) is 19.2. The smallest absolute Gasteiger partial charge is 0.122 e. The molecule has 0 saturated carbocycles. The average molecular weight is 539 g/mol. The van der Waals surface area contributed by atoms with Crippen LogP contribution in [0, 0.1) is 20.8 Å². The normalized spacial score (nSPS) is 13.3. The van der Waals surface area contributed by atoms with Crippen molar-refractivity contribution < 1.29 is 19.3 Å². The van der Waals surface area contributed by atoms with Crippen molar-refractivity contribution in [2.75, 3.05) is 0 Å². The van der Waals surface area contributed by atoms with Crippen LogP contribution >= 0.6 is 0 Å². The number of aryl methyl sites for hydroxylation is 3. The van der Waals surface area contributed by atoms with Crippen LogP contribution in [0.1, 0.15) is 54.2 Å². The number of ether oxygens (including phenoxy) is 3. The zero-order valence-electron chi connectivity index (χ0n) is 24.6. The molecule has 210 valence electrons. The lowest BCUT2D eigenvalue weighted by molar-refractivity contribution is 0.209. The highest BCUT2D eigenvalue weighted by molar-refractivity contribution is 5.46. The lowest BCUT2D eigenvalue weighted by Gasteiger charge is -2.25. The molecule has 4 aromatic rings. The second-order valence-corrected chi connectivity index (χ2v) is 10.9. The van der Waals surface area contributed by atoms with E-state index in [4.69, 9.17) is 14.2 Å². The maximum Gasteiger partial charge on any atom is 0.122 e. The number of phenolic OH excluding ortho intramolecular Hbond substituents is 1. The molecule has 0 amide bonds. The Hall–Kier alpha value is -3.92. The van der Waals surface area contributed by atoms with Crippen molar-refractivity contribution in [2.45, 2.75) is 79.1 Å². The fraction of sp³-hybridized carbons (Fsp3) is 0.333. The van der Waals surface area contributed by atoms with Crippen LogP contribution in [0.25, 0.3) is 0 Å². The average Bonchev–Trinajstić information content (AvgIpc) is 2.92. The lowest BCUT2D eigenvalue weighted by atomic mass is 9.90. The van der Waals surface area contributed by atoms with Crippen molar-refractivity contribution in [1.29, 1.82) is 0 Å². The Morgan fingerprint density at radius 2 is 0.875 bits per heavy atom. The van der Waals surface area contributed by atoms with Gasteiger partial charge in [0.2, 0.25) is 0 Å². The van der Waals surface area contributed by atoms with E-state index in [2.05, 4.69) is 46.8 Å². The number of hydrogen-bond donors (Lipinski definition) is 1. The van der Waals surface area contributed by atoms with E-state index in [9.17, 15) is 5.11 Å². The second-order valence-electron chi connectivity index (χ2n) is 10.9. The first kappa shape index (κ1) is 29.1. The number of aromatic hydroxyl groups is 1. The van der Waals surface area contributed by atoms with Gasteiger partial charge in [0.1, 0.15) is 29.1 Å². The molecule has 0 aliphatic carbocycles. The molecule has 40 heavy (non-hydrogen) atoms. The van der Waals surface area contributed by atoms with Crippen molar-refractivity contribution >= 4 is 0 Å². The summed E-state index contributed by atoms with van der Waals surface area (Å²) in [5, 5.41) is 11.1. The highest BCUT2D eigenvalue weighted by Gasteiger charge is 2.21. The Balaban J connectivity index is 1.61. The molecule has 4 heteroatoms. The van der Waals surface area contributed by atoms with Crippen LogP contribution < -0.4 is 14.2 Å². The van der Waals surface area contributed by atoms with Crippen molar-refractivity contribution in [2.24, 2.45) is 0 Å². The maximum atomic E-state index is 11.1. The van der Waals surface area contributed by atoms with Gasteiger partial charge in [-0.3, -0.25) is 0 Å². The largest absolute Gasteiger partial charge is 0.508 e. The quantitative estimate of drug-likeness (QED) is 0.197. The number of rotatable bonds is 12. The van der Waals surface area contributed by atoms with E-state index < -0.39 is 0 Å². The molecule has 0 spiro atoms. The minimum absolute atomic E-state index is 0.0505. The van der Waals surface area contributed by atoms with Crippen molar-refractivity contribution in [3.05, 3.63) is 118 Å². The van der Waals surface area contributed by atoms with Gasteiger partial charge in [0, 0.05) is 24.8 Å². The SMILES string of the molecule is Cc1ccccc1OC(C)Cc1ccc(O)c(CC(C)Oc2ccccc2C)c1CC(C)Oc1ccccc1C. The van der Waals surface area contributed by atoms with Gasteiger partial charge in [-0.2, -0.15) is 0 Å². The van der Waals surface area contributed by atoms with E-state index in [-0.39, 0.29) is 24.1 Å². The molecule has 3 unspecified atom stereocenters. The Morgan fingerprint density at radius 1 is 0.500 bits per heavy atom. The summed E-state index contributed by atoms with van der Waals surface area (Å²) in [5.41, 5.74) is 6.46. The molecule has 0 aliphatic rings. The van der Waals surface area contributed by atoms with Gasteiger partial charge < -0.3 is 19.3 Å². The lowest BCUT2D eigenvalue weighted by Crippen LogP contribution is -2.23. The molecule has 0 bridgehead atoms. The zero-order valence-corrected chi connectivity index (χ0v) is 24.6. The summed E-state index contributed by atoms with van der Waals surface area (Å²) in [6, 6.07) is 28.0. The molecule has 1 N–H and O–H groups in total. The number of benzene rings is 4. The van der Waals surface area contributed by atoms with Crippen LogP contribution in [0.5, 0.6) is 23.0 Å². The maximum absolute atomic E-state index is 11.1. The Labute approximate surface area is 239 Å². The first-order valence-corrected chi connectivity index (χ1v) is 14.2. The third-order valence-corrected chi connectivity index (χ3v) is 7.26. The van der Waals surface area contributed by atoms with Crippen molar-refractivity contribution in [3.63, 3.8) is 0 Å². The first-order valence-electron chi connectivity index (χ1n) is 14.2. The molecule has 4 rings (SSSR count). The predicted octanol–water partition coefficient (Wildman–Crippen LogP) is 8.35. The van der Waals surface area contributed by atoms with E-state index in [1.807, 2.05) is 79.7 Å². The van der Waals surface area contributed by atoms with E-state index in [1.165, 1.54) is 0 Å². The Bertz CT molecular complexity index is 1410. The van der Waals surface area contributed by atoms with Gasteiger partial charge in [-0.05, 0) is 93.6 Å². The minimum Gasteiger partial charge on any atom is -0.508 e. The summed E-state index contributed by atoms with van der Waals surface area (Å²) in [5.74, 6) is 2.93. The standard InChI is InChI=1S/C36H42O4/c1-24-13-7-10-16-34(24)38-27(4)21-30-19-20-33(37)32(23-29(6)40-36-18-12-9-15-26(36)3)31(30)22-28(5)39-35-17-11-8-14-25(35)2/h7-20,27-29,37H,21-23H2,1-6H3. The molecule has 0 radical (unpaired) electrons. The number of para-hydroxylation sites is 3. The van der Waals surface area contributed by atoms with Gasteiger partial charge in [-0.1, -0.05) is 60.7 Å². The molecule has 0 aliphatic heterocycles. The van der Waals surface area contributed by atoms with Gasteiger partial charge in [-0.15, -0.1) is 0 Å². The van der Waals surface area contributed by atoms with E-state index in [0.29, 0.717) is 19.3 Å². The molecular formula is C36H42O4. The Kier molecular flexibility index (Phi) is 9.76. The minimum atomic E-state index is -0.130. The van der Waals surface area contributed by atoms with Crippen LogP contribution in [0.3, 0.4) is 0 Å². The fourth-order valence-corrected chi connectivity index (χ4v) is 5.13. The number of hydrogen-bond acceptors (Lipinski definition) is 4. The Morgan fingerprint density at radius 3 is 1.30 bits per heavy atom. The summed E-state index contributed by atoms with van der Waals surface area (Å²) in [6.45, 7) is 12.4. The molecule has 4 nitrogen and oxygen atoms in total. The summed E-state index contributed by atoms with van der Waals surface area (Å²) in [7, 11) is 0. The third-order valence-electron chi connectivity index (χ3n) is 7.26. The molecule has 3 atom stereocenters. The monoisotopic (exact) mass is 538 g/mol. The van der Waals surface area contributed by atoms with Crippen molar-refractivity contribution in [1.82, 2.24) is 0 Å². The van der Waals surface area contributed by atoms with E-state index in [0.717, 1.165) is 50.6 Å². The summed E-state index contributed by atoms with van der Waals surface area (Å²) < 4.78 is 19.1. The predicted molar refractivity (Wildman–Crippen MR) is 163 cm³/mol. The molecule has 0 heterocycles. The van der Waals surface area contributed by atoms with E-state index in [1.54, 1.807) is 0 Å². The fourth-order valence-electron chi connectivity index (χ4n) is 5.13. The highest BCUT2D eigenvalue weighted by Crippen LogP contribution is 2.31. The summed E-state index contributed by atoms with van der Waals surface area (Å²) in [4.78, 5) is 0. The third kappa shape index (κ3) is 7.59. The van der Waals surface area contributed by atoms with Gasteiger partial charge in [0.25, 0.3) is 0 Å². The molecular weight excluding hydrogens is 496 g/mol. The van der Waals surface area contributed by atoms with Crippen LogP contribution in [-0.2, 0) is 19.3 Å². The van der Waals surface area contributed by atoms with Crippen LogP contribution in [0.4, 0.5) is 0 Å². The molecule has 0 saturated heterocycles. The summed E-state index contributed by atoms with van der Waals surface area (Å²) >= 11 is 0. The topological polar surface area (TPSA) is 47.9 Å². The molecule has 0 aromatic heterocycles.